The van der Waals surface area contributed by atoms with Crippen molar-refractivity contribution in [2.45, 2.75) is 38.9 Å². The number of hydrogen-bond donors (Lipinski definition) is 2. The summed E-state index contributed by atoms with van der Waals surface area (Å²) in [6.45, 7) is 3.92. The van der Waals surface area contributed by atoms with Crippen LogP contribution in [0.2, 0.25) is 0 Å². The number of ether oxygens (including phenoxy) is 1. The van der Waals surface area contributed by atoms with Gasteiger partial charge in [0.1, 0.15) is 6.61 Å². The summed E-state index contributed by atoms with van der Waals surface area (Å²) in [5.74, 6) is -0.0907. The molecule has 1 rings (SSSR count). The summed E-state index contributed by atoms with van der Waals surface area (Å²) < 4.78 is 5.00. The Bertz CT molecular complexity index is 375. The number of carbonyl (C=O) groups excluding carboxylic acids is 1. The molecule has 4 nitrogen and oxygen atoms in total. The Kier molecular flexibility index (Phi) is 6.53. The lowest BCUT2D eigenvalue weighted by molar-refractivity contribution is 0.00642. The van der Waals surface area contributed by atoms with Crippen LogP contribution in [0, 0.1) is 5.92 Å². The minimum atomic E-state index is -0.832. The molecule has 0 aliphatic carbocycles. The predicted molar refractivity (Wildman–Crippen MR) is 72.8 cm³/mol. The first-order valence-electron chi connectivity index (χ1n) is 6.57. The third-order valence-corrected chi connectivity index (χ3v) is 2.70. The fraction of sp³-hybridized carbons (Fsp3) is 0.533. The maximum atomic E-state index is 11.6. The summed E-state index contributed by atoms with van der Waals surface area (Å²) in [4.78, 5) is 11.6. The second-order valence-corrected chi connectivity index (χ2v) is 5.14. The van der Waals surface area contributed by atoms with Crippen LogP contribution in [0.25, 0.3) is 0 Å². The summed E-state index contributed by atoms with van der Waals surface area (Å²) in [5.41, 5.74) is 0.456. The van der Waals surface area contributed by atoms with Gasteiger partial charge in [0, 0.05) is 6.42 Å². The molecule has 2 unspecified atom stereocenters. The quantitative estimate of drug-likeness (QED) is 0.741. The number of esters is 1. The van der Waals surface area contributed by atoms with Crippen molar-refractivity contribution in [1.82, 2.24) is 0 Å². The molecule has 0 radical (unpaired) electrons. The Morgan fingerprint density at radius 1 is 1.11 bits per heavy atom. The highest BCUT2D eigenvalue weighted by molar-refractivity contribution is 5.89. The van der Waals surface area contributed by atoms with E-state index in [9.17, 15) is 15.0 Å². The molecule has 0 aliphatic heterocycles. The van der Waals surface area contributed by atoms with Gasteiger partial charge < -0.3 is 14.9 Å². The maximum Gasteiger partial charge on any atom is 0.338 e. The van der Waals surface area contributed by atoms with E-state index in [4.69, 9.17) is 4.74 Å². The van der Waals surface area contributed by atoms with Crippen molar-refractivity contribution in [3.05, 3.63) is 35.9 Å². The molecule has 1 aromatic rings. The molecule has 2 N–H and O–H groups in total. The van der Waals surface area contributed by atoms with Crippen molar-refractivity contribution >= 4 is 5.97 Å². The highest BCUT2D eigenvalue weighted by Gasteiger charge is 2.15. The average molecular weight is 266 g/mol. The normalized spacial score (nSPS) is 14.2. The topological polar surface area (TPSA) is 66.8 Å². The Morgan fingerprint density at radius 2 is 1.74 bits per heavy atom. The van der Waals surface area contributed by atoms with Gasteiger partial charge in [0.2, 0.25) is 0 Å². The van der Waals surface area contributed by atoms with Gasteiger partial charge in [0.15, 0.2) is 0 Å². The van der Waals surface area contributed by atoms with E-state index in [0.717, 1.165) is 0 Å². The zero-order chi connectivity index (χ0) is 14.3. The standard InChI is InChI=1S/C15H22O4/c1-11(2)8-13(16)9-14(17)10-19-15(18)12-6-4-3-5-7-12/h3-7,11,13-14,16-17H,8-10H2,1-2H3. The Labute approximate surface area is 114 Å². The lowest BCUT2D eigenvalue weighted by atomic mass is 10.0. The van der Waals surface area contributed by atoms with E-state index in [1.807, 2.05) is 19.9 Å². The molecular formula is C15H22O4. The van der Waals surface area contributed by atoms with Crippen LogP contribution in [-0.4, -0.2) is 35.0 Å². The van der Waals surface area contributed by atoms with Crippen molar-refractivity contribution in [3.63, 3.8) is 0 Å². The molecule has 1 aromatic carbocycles. The molecule has 19 heavy (non-hydrogen) atoms. The minimum Gasteiger partial charge on any atom is -0.459 e. The fourth-order valence-electron chi connectivity index (χ4n) is 1.85. The third-order valence-electron chi connectivity index (χ3n) is 2.70. The van der Waals surface area contributed by atoms with Crippen LogP contribution in [0.15, 0.2) is 30.3 Å². The van der Waals surface area contributed by atoms with Crippen LogP contribution in [-0.2, 0) is 4.74 Å². The summed E-state index contributed by atoms with van der Waals surface area (Å²) in [5, 5.41) is 19.4. The van der Waals surface area contributed by atoms with Gasteiger partial charge in [-0.2, -0.15) is 0 Å². The van der Waals surface area contributed by atoms with Crippen molar-refractivity contribution < 1.29 is 19.7 Å². The zero-order valence-electron chi connectivity index (χ0n) is 11.5. The van der Waals surface area contributed by atoms with Gasteiger partial charge in [-0.1, -0.05) is 32.0 Å². The van der Waals surface area contributed by atoms with Gasteiger partial charge in [-0.3, -0.25) is 0 Å². The van der Waals surface area contributed by atoms with Crippen LogP contribution >= 0.6 is 0 Å². The SMILES string of the molecule is CC(C)CC(O)CC(O)COC(=O)c1ccccc1. The molecule has 2 atom stereocenters. The monoisotopic (exact) mass is 266 g/mol. The lowest BCUT2D eigenvalue weighted by Gasteiger charge is -2.17. The summed E-state index contributed by atoms with van der Waals surface area (Å²) in [6.07, 6.45) is -0.545. The van der Waals surface area contributed by atoms with E-state index in [-0.39, 0.29) is 13.0 Å². The molecule has 0 spiro atoms. The van der Waals surface area contributed by atoms with Crippen LogP contribution in [0.1, 0.15) is 37.0 Å². The molecule has 0 fully saturated rings. The first kappa shape index (κ1) is 15.7. The number of aliphatic hydroxyl groups excluding tert-OH is 2. The second-order valence-electron chi connectivity index (χ2n) is 5.14. The van der Waals surface area contributed by atoms with Gasteiger partial charge in [-0.25, -0.2) is 4.79 Å². The first-order chi connectivity index (χ1) is 8.99. The van der Waals surface area contributed by atoms with Gasteiger partial charge in [-0.15, -0.1) is 0 Å². The molecule has 0 aliphatic rings. The van der Waals surface area contributed by atoms with E-state index in [1.54, 1.807) is 24.3 Å². The van der Waals surface area contributed by atoms with Gasteiger partial charge in [0.25, 0.3) is 0 Å². The van der Waals surface area contributed by atoms with E-state index >= 15 is 0 Å². The molecule has 0 aromatic heterocycles. The van der Waals surface area contributed by atoms with Gasteiger partial charge in [-0.05, 0) is 24.5 Å². The largest absolute Gasteiger partial charge is 0.459 e. The Balaban J connectivity index is 2.30. The summed E-state index contributed by atoms with van der Waals surface area (Å²) >= 11 is 0. The van der Waals surface area contributed by atoms with Crippen LogP contribution in [0.3, 0.4) is 0 Å². The van der Waals surface area contributed by atoms with E-state index < -0.39 is 18.2 Å². The smallest absolute Gasteiger partial charge is 0.338 e. The van der Waals surface area contributed by atoms with E-state index in [0.29, 0.717) is 17.9 Å². The molecular weight excluding hydrogens is 244 g/mol. The average Bonchev–Trinajstić information content (AvgIpc) is 2.36. The summed E-state index contributed by atoms with van der Waals surface area (Å²) in [6, 6.07) is 8.62. The molecule has 0 amide bonds. The molecule has 4 heteroatoms. The summed E-state index contributed by atoms with van der Waals surface area (Å²) in [7, 11) is 0. The van der Waals surface area contributed by atoms with Gasteiger partial charge in [0.05, 0.1) is 17.8 Å². The van der Waals surface area contributed by atoms with E-state index in [1.165, 1.54) is 0 Å². The number of benzene rings is 1. The number of hydrogen-bond acceptors (Lipinski definition) is 4. The van der Waals surface area contributed by atoms with Crippen molar-refractivity contribution in [1.29, 1.82) is 0 Å². The van der Waals surface area contributed by atoms with E-state index in [2.05, 4.69) is 0 Å². The number of carbonyl (C=O) groups is 1. The first-order valence-corrected chi connectivity index (χ1v) is 6.57. The van der Waals surface area contributed by atoms with Crippen LogP contribution < -0.4 is 0 Å². The van der Waals surface area contributed by atoms with Crippen LogP contribution in [0.4, 0.5) is 0 Å². The molecule has 0 saturated carbocycles. The molecule has 0 saturated heterocycles. The number of aliphatic hydroxyl groups is 2. The number of rotatable bonds is 7. The molecule has 0 heterocycles. The highest BCUT2D eigenvalue weighted by Crippen LogP contribution is 2.10. The minimum absolute atomic E-state index is 0.0944. The van der Waals surface area contributed by atoms with Gasteiger partial charge >= 0.3 is 5.97 Å². The zero-order valence-corrected chi connectivity index (χ0v) is 11.5. The Hall–Kier alpha value is -1.39. The lowest BCUT2D eigenvalue weighted by Crippen LogP contribution is -2.25. The van der Waals surface area contributed by atoms with Crippen molar-refractivity contribution in [2.75, 3.05) is 6.61 Å². The molecule has 0 bridgehead atoms. The second kappa shape index (κ2) is 7.92. The highest BCUT2D eigenvalue weighted by atomic mass is 16.5. The Morgan fingerprint density at radius 3 is 2.32 bits per heavy atom. The fourth-order valence-corrected chi connectivity index (χ4v) is 1.85. The van der Waals surface area contributed by atoms with Crippen LogP contribution in [0.5, 0.6) is 0 Å². The predicted octanol–water partition coefficient (Wildman–Crippen LogP) is 2.00. The van der Waals surface area contributed by atoms with Crippen molar-refractivity contribution in [3.8, 4) is 0 Å². The third kappa shape index (κ3) is 6.36. The van der Waals surface area contributed by atoms with Crippen molar-refractivity contribution in [2.24, 2.45) is 5.92 Å². The maximum absolute atomic E-state index is 11.6. The molecule has 106 valence electrons.